The zero-order valence-corrected chi connectivity index (χ0v) is 28.3. The molecule has 0 fully saturated rings. The van der Waals surface area contributed by atoms with E-state index in [2.05, 4.69) is 0 Å². The van der Waals surface area contributed by atoms with Crippen LogP contribution in [0.25, 0.3) is 0 Å². The Morgan fingerprint density at radius 3 is 2.07 bits per heavy atom. The highest BCUT2D eigenvalue weighted by atomic mass is 16.6. The number of fused-ring (bicyclic) bond motifs is 2. The fraction of sp³-hybridized carbons (Fsp3) is 0.559. The minimum Gasteiger partial charge on any atom is -0.497 e. The highest BCUT2D eigenvalue weighted by Crippen LogP contribution is 2.36. The number of hydrogen-bond acceptors (Lipinski definition) is 11. The number of nitrogens with zero attached hydrogens (tertiary/aromatic N) is 1. The van der Waals surface area contributed by atoms with E-state index in [1.54, 1.807) is 19.9 Å². The predicted octanol–water partition coefficient (Wildman–Crippen LogP) is 3.50. The van der Waals surface area contributed by atoms with Crippen LogP contribution in [-0.2, 0) is 47.7 Å². The lowest BCUT2D eigenvalue weighted by atomic mass is 9.85. The molecule has 0 aromatic carbocycles. The van der Waals surface area contributed by atoms with Crippen molar-refractivity contribution >= 4 is 29.5 Å². The van der Waals surface area contributed by atoms with Crippen molar-refractivity contribution in [1.29, 1.82) is 0 Å². The third kappa shape index (κ3) is 9.57. The van der Waals surface area contributed by atoms with Crippen LogP contribution in [0.1, 0.15) is 61.3 Å². The monoisotopic (exact) mass is 645 g/mol. The minimum atomic E-state index is -1.48. The van der Waals surface area contributed by atoms with E-state index in [0.29, 0.717) is 17.6 Å². The molecule has 0 saturated heterocycles. The first kappa shape index (κ1) is 38.3. The molecule has 12 nitrogen and oxygen atoms in total. The third-order valence-electron chi connectivity index (χ3n) is 7.85. The summed E-state index contributed by atoms with van der Waals surface area (Å²) in [6.45, 7) is 10.5. The summed E-state index contributed by atoms with van der Waals surface area (Å²) in [5.74, 6) is -3.62. The second-order valence-corrected chi connectivity index (χ2v) is 11.6. The maximum Gasteiger partial charge on any atom is 0.303 e. The number of methoxy groups -OCH3 is 3. The van der Waals surface area contributed by atoms with Gasteiger partial charge in [-0.15, -0.1) is 0 Å². The van der Waals surface area contributed by atoms with Gasteiger partial charge in [0.15, 0.2) is 11.9 Å². The lowest BCUT2D eigenvalue weighted by Gasteiger charge is -2.35. The van der Waals surface area contributed by atoms with Gasteiger partial charge in [0.25, 0.3) is 5.91 Å². The standard InChI is InChI=1S/C34H47NO11/c1-18-14-25-31(40)26(17-29(33(25)44-10)45-23(6)37)35(22(5)36)34(41)19(2)12-11-13-27(42-8)30(39)20(3)16-21(4)32(46-24(7)38)28(15-18)43-9/h11-13,16-18,20,27-29,31-32,40H,14-15H2,1-10H3/t18-,20?,27+,28+,29?,31?,32-/m1/s1. The summed E-state index contributed by atoms with van der Waals surface area (Å²) in [5, 5.41) is 11.7. The molecule has 2 amide bonds. The van der Waals surface area contributed by atoms with Gasteiger partial charge in [-0.2, -0.15) is 0 Å². The maximum atomic E-state index is 13.7. The molecular formula is C34H47NO11. The normalized spacial score (nSPS) is 28.6. The van der Waals surface area contributed by atoms with E-state index < -0.39 is 60.2 Å². The summed E-state index contributed by atoms with van der Waals surface area (Å²) >= 11 is 0. The number of Topliss-reactive ketones (excluding diaryl/α,β-unsaturated/α-hetero) is 1. The summed E-state index contributed by atoms with van der Waals surface area (Å²) < 4.78 is 28.0. The first-order valence-electron chi connectivity index (χ1n) is 15.1. The Morgan fingerprint density at radius 2 is 1.54 bits per heavy atom. The van der Waals surface area contributed by atoms with Gasteiger partial charge in [-0.3, -0.25) is 24.0 Å². The molecule has 0 aromatic rings. The molecule has 1 N–H and O–H groups in total. The predicted molar refractivity (Wildman–Crippen MR) is 168 cm³/mol. The molecule has 1 aliphatic heterocycles. The number of amides is 2. The van der Waals surface area contributed by atoms with Gasteiger partial charge in [0.2, 0.25) is 5.91 Å². The van der Waals surface area contributed by atoms with Crippen molar-refractivity contribution in [2.24, 2.45) is 11.8 Å². The van der Waals surface area contributed by atoms with Crippen LogP contribution in [0.2, 0.25) is 0 Å². The fourth-order valence-electron chi connectivity index (χ4n) is 5.69. The molecule has 3 unspecified atom stereocenters. The van der Waals surface area contributed by atoms with Crippen molar-refractivity contribution < 1.29 is 52.8 Å². The molecular weight excluding hydrogens is 598 g/mol. The van der Waals surface area contributed by atoms with E-state index >= 15 is 0 Å². The molecule has 2 rings (SSSR count). The van der Waals surface area contributed by atoms with Crippen molar-refractivity contribution in [3.05, 3.63) is 58.6 Å². The molecule has 1 aliphatic carbocycles. The Morgan fingerprint density at radius 1 is 0.913 bits per heavy atom. The van der Waals surface area contributed by atoms with E-state index in [9.17, 15) is 29.1 Å². The van der Waals surface area contributed by atoms with E-state index in [0.717, 1.165) is 4.90 Å². The van der Waals surface area contributed by atoms with Gasteiger partial charge in [0.1, 0.15) is 24.1 Å². The van der Waals surface area contributed by atoms with E-state index in [1.165, 1.54) is 73.3 Å². The van der Waals surface area contributed by atoms with Crippen LogP contribution < -0.4 is 0 Å². The number of imide groups is 1. The van der Waals surface area contributed by atoms with Gasteiger partial charge in [-0.1, -0.05) is 32.1 Å². The van der Waals surface area contributed by atoms with Gasteiger partial charge in [0, 0.05) is 52.1 Å². The first-order chi connectivity index (χ1) is 21.6. The van der Waals surface area contributed by atoms with Crippen LogP contribution in [0.15, 0.2) is 58.6 Å². The molecule has 0 saturated carbocycles. The lowest BCUT2D eigenvalue weighted by molar-refractivity contribution is -0.151. The average molecular weight is 646 g/mol. The molecule has 46 heavy (non-hydrogen) atoms. The zero-order chi connectivity index (χ0) is 34.9. The Labute approximate surface area is 270 Å². The summed E-state index contributed by atoms with van der Waals surface area (Å²) in [4.78, 5) is 65.0. The van der Waals surface area contributed by atoms with Gasteiger partial charge < -0.3 is 28.8 Å². The highest BCUT2D eigenvalue weighted by Gasteiger charge is 2.39. The minimum absolute atomic E-state index is 0.0972. The molecule has 0 radical (unpaired) electrons. The Balaban J connectivity index is 2.83. The summed E-state index contributed by atoms with van der Waals surface area (Å²) in [6.07, 6.45) is 2.78. The smallest absolute Gasteiger partial charge is 0.303 e. The van der Waals surface area contributed by atoms with E-state index in [1.807, 2.05) is 6.92 Å². The number of ketones is 1. The van der Waals surface area contributed by atoms with Crippen molar-refractivity contribution in [1.82, 2.24) is 4.90 Å². The summed E-state index contributed by atoms with van der Waals surface area (Å²) in [5.41, 5.74) is 0.918. The summed E-state index contributed by atoms with van der Waals surface area (Å²) in [6, 6.07) is 0. The van der Waals surface area contributed by atoms with Crippen LogP contribution in [0.5, 0.6) is 0 Å². The lowest BCUT2D eigenvalue weighted by Crippen LogP contribution is -2.43. The first-order valence-corrected chi connectivity index (χ1v) is 15.1. The van der Waals surface area contributed by atoms with Crippen LogP contribution in [-0.4, -0.2) is 91.4 Å². The van der Waals surface area contributed by atoms with Crippen molar-refractivity contribution in [3.63, 3.8) is 0 Å². The molecule has 12 heteroatoms. The second kappa shape index (κ2) is 17.2. The number of carbonyl (C=O) groups excluding carboxylic acids is 5. The van der Waals surface area contributed by atoms with Gasteiger partial charge >= 0.3 is 11.9 Å². The van der Waals surface area contributed by atoms with E-state index in [-0.39, 0.29) is 35.2 Å². The Kier molecular flexibility index (Phi) is 14.3. The molecule has 2 bridgehead atoms. The van der Waals surface area contributed by atoms with Crippen LogP contribution in [0, 0.1) is 11.8 Å². The number of ether oxygens (including phenoxy) is 5. The number of esters is 2. The number of hydrogen-bond donors (Lipinski definition) is 1. The third-order valence-corrected chi connectivity index (χ3v) is 7.85. The van der Waals surface area contributed by atoms with Gasteiger partial charge in [-0.25, -0.2) is 4.90 Å². The molecule has 254 valence electrons. The van der Waals surface area contributed by atoms with Crippen LogP contribution >= 0.6 is 0 Å². The number of allylic oxidation sites excluding steroid dienone is 3. The highest BCUT2D eigenvalue weighted by molar-refractivity contribution is 6.05. The Hall–Kier alpha value is -3.87. The SMILES string of the molecule is COC1=C2C[C@@H](C)C[C@H](OC)[C@H](OC(C)=O)C(C)=CC(C)C(=O)[C@@H](OC)C=CC=C(C)C(=O)N(C(C)=O)C(=CC1OC(C)=O)C2O. The molecule has 0 aromatic heterocycles. The quantitative estimate of drug-likeness (QED) is 0.345. The number of rotatable bonds is 5. The summed E-state index contributed by atoms with van der Waals surface area (Å²) in [7, 11) is 4.23. The van der Waals surface area contributed by atoms with Gasteiger partial charge in [-0.05, 0) is 50.3 Å². The number of carbonyl (C=O) groups is 5. The zero-order valence-electron chi connectivity index (χ0n) is 28.3. The van der Waals surface area contributed by atoms with E-state index in [4.69, 9.17) is 23.7 Å². The molecule has 1 heterocycles. The van der Waals surface area contributed by atoms with Crippen LogP contribution in [0.3, 0.4) is 0 Å². The molecule has 2 aliphatic rings. The number of aliphatic hydroxyl groups excluding tert-OH is 1. The second-order valence-electron chi connectivity index (χ2n) is 11.6. The van der Waals surface area contributed by atoms with Crippen molar-refractivity contribution in [3.8, 4) is 0 Å². The average Bonchev–Trinajstić information content (AvgIpc) is 2.97. The van der Waals surface area contributed by atoms with Crippen molar-refractivity contribution in [2.45, 2.75) is 91.8 Å². The fourth-order valence-corrected chi connectivity index (χ4v) is 5.69. The van der Waals surface area contributed by atoms with Gasteiger partial charge in [0.05, 0.1) is 18.9 Å². The van der Waals surface area contributed by atoms with Crippen molar-refractivity contribution in [2.75, 3.05) is 21.3 Å². The van der Waals surface area contributed by atoms with Crippen LogP contribution in [0.4, 0.5) is 0 Å². The molecule has 7 atom stereocenters. The maximum absolute atomic E-state index is 13.7. The largest absolute Gasteiger partial charge is 0.497 e. The number of aliphatic hydroxyl groups is 1. The molecule has 0 spiro atoms. The topological polar surface area (TPSA) is 155 Å². The Bertz CT molecular complexity index is 1340.